The number of fused-ring (bicyclic) bond motifs is 22. The Morgan fingerprint density at radius 2 is 0.367 bits per heavy atom. The second-order valence-corrected chi connectivity index (χ2v) is 34.6. The molecule has 0 fully saturated rings. The summed E-state index contributed by atoms with van der Waals surface area (Å²) in [5.41, 5.74) is 14.6. The molecule has 9 heterocycles. The van der Waals surface area contributed by atoms with Crippen molar-refractivity contribution in [2.24, 2.45) is 0 Å². The second kappa shape index (κ2) is 34.2. The minimum absolute atomic E-state index is 0.529. The summed E-state index contributed by atoms with van der Waals surface area (Å²) < 4.78 is 6.81. The molecule has 0 spiro atoms. The summed E-state index contributed by atoms with van der Waals surface area (Å²) in [5, 5.41) is 24.4. The highest BCUT2D eigenvalue weighted by atomic mass is 15.1. The number of benzene rings is 19. The average molecular weight is 1780 g/mol. The van der Waals surface area contributed by atoms with E-state index in [1.807, 2.05) is 176 Å². The highest BCUT2D eigenvalue weighted by molar-refractivity contribution is 6.31. The van der Waals surface area contributed by atoms with Gasteiger partial charge in [-0.15, -0.1) is 0 Å². The topological polar surface area (TPSA) is 169 Å². The van der Waals surface area contributed by atoms with Gasteiger partial charge in [0.1, 0.15) is 23.1 Å². The van der Waals surface area contributed by atoms with Crippen LogP contribution in [0.15, 0.2) is 467 Å². The fraction of sp³-hybridized carbons (Fsp3) is 0. The largest absolute Gasteiger partial charge is 0.294 e. The molecule has 28 rings (SSSR count). The average Bonchev–Trinajstić information content (AvgIpc) is 1.57. The molecule has 0 aliphatic heterocycles. The van der Waals surface area contributed by atoms with Gasteiger partial charge in [0.25, 0.3) is 0 Å². The predicted molar refractivity (Wildman–Crippen MR) is 567 cm³/mol. The number of nitrogens with zero attached hydrogens (tertiary/aromatic N) is 15. The Bertz CT molecular complexity index is 9300. The lowest BCUT2D eigenvalue weighted by atomic mass is 10.00. The maximum Gasteiger partial charge on any atom is 0.182 e. The summed E-state index contributed by atoms with van der Waals surface area (Å²) in [7, 11) is 0. The van der Waals surface area contributed by atoms with E-state index in [1.165, 1.54) is 102 Å². The molecule has 0 aliphatic rings. The van der Waals surface area contributed by atoms with Crippen molar-refractivity contribution in [1.82, 2.24) is 73.5 Å². The second-order valence-electron chi connectivity index (χ2n) is 34.6. The standard InChI is InChI=1S/C44H27N5.2C40H25N5/c1-2-13-31(14-3-1)42-46-43(33-19-18-28-10-4-5-15-32(28)26-33)48-44(47-42)34-22-25-39(45-27-34)49-37-23-20-29-11-6-8-16-35(29)40(37)41-36-17-9-7-12-30(36)21-24-38(41)49;1-3-14-28(15-4-1)38-42-39(29-16-5-2-6-17-29)44-40(43-38)32-20-11-21-35(41-32)45-33-24-22-26-12-7-9-18-30(26)36(33)37-31-19-10-8-13-27(31)23-25-34(37)45;1-3-13-28(14-4-1)38-42-39(29-15-5-2-6-16-29)44-40(43-38)30-21-24-35(41-25-30)45-33-22-19-26-11-7-9-17-31(26)36(33)37-32-18-10-8-12-27(32)20-23-34(37)45/h1-27H;2*1-25H. The normalized spacial score (nSPS) is 11.6. The summed E-state index contributed by atoms with van der Waals surface area (Å²) in [6.45, 7) is 0. The van der Waals surface area contributed by atoms with Crippen LogP contribution in [0.3, 0.4) is 0 Å². The molecule has 15 nitrogen and oxygen atoms in total. The van der Waals surface area contributed by atoms with E-state index in [1.54, 1.807) is 0 Å². The molecule has 0 N–H and O–H groups in total. The van der Waals surface area contributed by atoms with Crippen molar-refractivity contribution in [1.29, 1.82) is 0 Å². The number of pyridine rings is 3. The van der Waals surface area contributed by atoms with Crippen LogP contribution in [0.1, 0.15) is 0 Å². The Kier molecular flexibility index (Phi) is 19.8. The molecule has 9 aromatic heterocycles. The number of aromatic nitrogens is 15. The van der Waals surface area contributed by atoms with Crippen LogP contribution in [0.2, 0.25) is 0 Å². The zero-order valence-electron chi connectivity index (χ0n) is 74.7. The molecule has 0 bridgehead atoms. The molecule has 0 atom stereocenters. The Labute approximate surface area is 796 Å². The first-order chi connectivity index (χ1) is 68.9. The first-order valence-corrected chi connectivity index (χ1v) is 46.4. The van der Waals surface area contributed by atoms with E-state index in [4.69, 9.17) is 59.8 Å². The van der Waals surface area contributed by atoms with Gasteiger partial charge in [-0.05, 0) is 154 Å². The fourth-order valence-corrected chi connectivity index (χ4v) is 19.9. The molecule has 139 heavy (non-hydrogen) atoms. The molecule has 19 aromatic carbocycles. The van der Waals surface area contributed by atoms with E-state index in [-0.39, 0.29) is 0 Å². The zero-order valence-corrected chi connectivity index (χ0v) is 74.7. The van der Waals surface area contributed by atoms with Gasteiger partial charge < -0.3 is 0 Å². The Morgan fingerprint density at radius 1 is 0.137 bits per heavy atom. The smallest absolute Gasteiger partial charge is 0.182 e. The summed E-state index contributed by atoms with van der Waals surface area (Å²) in [4.78, 5) is 59.5. The van der Waals surface area contributed by atoms with Crippen LogP contribution in [-0.4, -0.2) is 73.5 Å². The monoisotopic (exact) mass is 1780 g/mol. The van der Waals surface area contributed by atoms with Gasteiger partial charge in [-0.2, -0.15) is 0 Å². The summed E-state index contributed by atoms with van der Waals surface area (Å²) in [6, 6.07) is 157. The van der Waals surface area contributed by atoms with Crippen molar-refractivity contribution in [2.45, 2.75) is 0 Å². The predicted octanol–water partition coefficient (Wildman–Crippen LogP) is 30.2. The molecule has 28 aromatic rings. The molecular weight excluding hydrogens is 1700 g/mol. The lowest BCUT2D eigenvalue weighted by Gasteiger charge is -2.11. The van der Waals surface area contributed by atoms with Gasteiger partial charge in [0.2, 0.25) is 0 Å². The van der Waals surface area contributed by atoms with Gasteiger partial charge >= 0.3 is 0 Å². The van der Waals surface area contributed by atoms with Crippen molar-refractivity contribution in [3.63, 3.8) is 0 Å². The van der Waals surface area contributed by atoms with E-state index in [9.17, 15) is 0 Å². The molecule has 0 saturated carbocycles. The van der Waals surface area contributed by atoms with Gasteiger partial charge in [0, 0.05) is 89.2 Å². The minimum atomic E-state index is 0.529. The third-order valence-corrected chi connectivity index (χ3v) is 26.4. The maximum atomic E-state index is 5.23. The molecule has 0 amide bonds. The van der Waals surface area contributed by atoms with Gasteiger partial charge in [-0.1, -0.05) is 376 Å². The molecular formula is C124H77N15. The summed E-state index contributed by atoms with van der Waals surface area (Å²) >= 11 is 0. The van der Waals surface area contributed by atoms with E-state index in [0.29, 0.717) is 58.1 Å². The van der Waals surface area contributed by atoms with Crippen molar-refractivity contribution >= 4 is 141 Å². The first kappa shape index (κ1) is 80.7. The number of rotatable bonds is 12. The highest BCUT2D eigenvalue weighted by Gasteiger charge is 2.26. The molecule has 0 saturated heterocycles. The zero-order chi connectivity index (χ0) is 91.8. The van der Waals surface area contributed by atoms with Gasteiger partial charge in [0.15, 0.2) is 52.4 Å². The Balaban J connectivity index is 0.000000108. The number of hydrogen-bond acceptors (Lipinski definition) is 12. The molecule has 0 unspecified atom stereocenters. The number of hydrogen-bond donors (Lipinski definition) is 0. The van der Waals surface area contributed by atoms with Gasteiger partial charge in [-0.3, -0.25) is 13.7 Å². The van der Waals surface area contributed by atoms with Crippen LogP contribution in [0.5, 0.6) is 0 Å². The van der Waals surface area contributed by atoms with Crippen LogP contribution in [-0.2, 0) is 0 Å². The van der Waals surface area contributed by atoms with Crippen LogP contribution < -0.4 is 0 Å². The van der Waals surface area contributed by atoms with Crippen molar-refractivity contribution in [3.8, 4) is 120 Å². The van der Waals surface area contributed by atoms with Crippen molar-refractivity contribution in [2.75, 3.05) is 0 Å². The van der Waals surface area contributed by atoms with Crippen LogP contribution in [0.4, 0.5) is 0 Å². The van der Waals surface area contributed by atoms with Crippen LogP contribution in [0, 0.1) is 0 Å². The minimum Gasteiger partial charge on any atom is -0.294 e. The van der Waals surface area contributed by atoms with E-state index in [2.05, 4.69) is 305 Å². The molecule has 15 heteroatoms. The maximum absolute atomic E-state index is 5.23. The third kappa shape index (κ3) is 14.5. The van der Waals surface area contributed by atoms with Crippen molar-refractivity contribution < 1.29 is 0 Å². The summed E-state index contributed by atoms with van der Waals surface area (Å²) in [6.07, 6.45) is 3.75. The van der Waals surface area contributed by atoms with Crippen molar-refractivity contribution in [3.05, 3.63) is 467 Å². The SMILES string of the molecule is c1ccc(-c2nc(-c3ccc(-n4c5ccc6ccccc6c5c5c6ccccc6ccc54)nc3)nc(-c3ccc4ccccc4c3)n2)cc1.c1ccc(-c2nc(-c3ccccc3)nc(-c3ccc(-n4c5ccc6ccccc6c5c5c6ccccc6ccc54)nc3)n2)cc1.c1ccc(-c2nc(-c3ccccc3)nc(-c3cccc(-n4c5ccc6ccccc6c5c5c6ccccc6ccc54)n3)n2)cc1. The third-order valence-electron chi connectivity index (χ3n) is 26.4. The van der Waals surface area contributed by atoms with E-state index < -0.39 is 0 Å². The molecule has 0 aliphatic carbocycles. The first-order valence-electron chi connectivity index (χ1n) is 46.4. The fourth-order valence-electron chi connectivity index (χ4n) is 19.9. The highest BCUT2D eigenvalue weighted by Crippen LogP contribution is 2.46. The lowest BCUT2D eigenvalue weighted by Crippen LogP contribution is -2.03. The van der Waals surface area contributed by atoms with E-state index >= 15 is 0 Å². The molecule has 648 valence electrons. The lowest BCUT2D eigenvalue weighted by molar-refractivity contribution is 1.03. The van der Waals surface area contributed by atoms with Gasteiger partial charge in [-0.25, -0.2) is 59.8 Å². The van der Waals surface area contributed by atoms with Crippen LogP contribution >= 0.6 is 0 Å². The van der Waals surface area contributed by atoms with Crippen LogP contribution in [0.25, 0.3) is 261 Å². The molecule has 0 radical (unpaired) electrons. The quantitative estimate of drug-likeness (QED) is 0.114. The Hall–Kier alpha value is -19.1. The Morgan fingerprint density at radius 3 is 0.655 bits per heavy atom. The van der Waals surface area contributed by atoms with E-state index in [0.717, 1.165) is 100 Å². The summed E-state index contributed by atoms with van der Waals surface area (Å²) in [5.74, 6) is 7.90. The van der Waals surface area contributed by atoms with Gasteiger partial charge in [0.05, 0.1) is 33.1 Å².